The Bertz CT molecular complexity index is 298. The van der Waals surface area contributed by atoms with Gasteiger partial charge in [0, 0.05) is 30.7 Å². The number of hydrogen-bond acceptors (Lipinski definition) is 3. The first kappa shape index (κ1) is 8.97. The maximum absolute atomic E-state index is 9.46. The van der Waals surface area contributed by atoms with Crippen LogP contribution in [0.15, 0.2) is 0 Å². The van der Waals surface area contributed by atoms with E-state index in [4.69, 9.17) is 5.11 Å². The van der Waals surface area contributed by atoms with E-state index in [2.05, 4.69) is 5.32 Å². The molecule has 0 aromatic heterocycles. The first-order chi connectivity index (χ1) is 7.32. The summed E-state index contributed by atoms with van der Waals surface area (Å²) in [6.07, 6.45) is 3.59. The molecule has 3 aliphatic carbocycles. The van der Waals surface area contributed by atoms with E-state index >= 15 is 0 Å². The van der Waals surface area contributed by atoms with Crippen LogP contribution in [0.1, 0.15) is 19.3 Å². The van der Waals surface area contributed by atoms with Crippen LogP contribution >= 0.6 is 0 Å². The molecule has 3 heteroatoms. The second-order valence-corrected chi connectivity index (χ2v) is 6.06. The average Bonchev–Trinajstić information content (AvgIpc) is 3.07. The summed E-state index contributed by atoms with van der Waals surface area (Å²) in [6, 6.07) is 1.65. The zero-order valence-corrected chi connectivity index (χ0v) is 8.89. The number of aliphatic hydroxyl groups excluding tert-OH is 2. The van der Waals surface area contributed by atoms with Crippen molar-refractivity contribution < 1.29 is 10.2 Å². The van der Waals surface area contributed by atoms with Gasteiger partial charge >= 0.3 is 0 Å². The topological polar surface area (TPSA) is 62.4 Å². The van der Waals surface area contributed by atoms with Crippen LogP contribution < -0.4 is 5.32 Å². The van der Waals surface area contributed by atoms with E-state index in [0.717, 1.165) is 30.3 Å². The Labute approximate surface area is 89.9 Å². The Morgan fingerprint density at radius 2 is 2.00 bits per heavy atom. The van der Waals surface area contributed by atoms with Crippen LogP contribution in [0.3, 0.4) is 0 Å². The Balaban J connectivity index is 1.60. The van der Waals surface area contributed by atoms with E-state index in [0.29, 0.717) is 30.5 Å². The molecule has 2 bridgehead atoms. The summed E-state index contributed by atoms with van der Waals surface area (Å²) in [4.78, 5) is 0. The molecule has 3 nitrogen and oxygen atoms in total. The van der Waals surface area contributed by atoms with Crippen molar-refractivity contribution in [3.63, 3.8) is 0 Å². The standard InChI is InChI=1S/C12H19NO2/c14-2-1-7-8(5-15)6-3-9(7)12(4-6)10-11(12)13-10/h6-11,13-15H,1-5H2. The van der Waals surface area contributed by atoms with Crippen LogP contribution in [-0.2, 0) is 0 Å². The van der Waals surface area contributed by atoms with Crippen LogP contribution in [0.25, 0.3) is 0 Å². The fraction of sp³-hybridized carbons (Fsp3) is 1.00. The number of fused-ring (bicyclic) bond motifs is 6. The van der Waals surface area contributed by atoms with E-state index in [9.17, 15) is 5.11 Å². The van der Waals surface area contributed by atoms with E-state index in [-0.39, 0.29) is 0 Å². The van der Waals surface area contributed by atoms with Crippen molar-refractivity contribution in [2.24, 2.45) is 29.1 Å². The summed E-state index contributed by atoms with van der Waals surface area (Å²) in [7, 11) is 0. The molecule has 84 valence electrons. The molecule has 6 atom stereocenters. The summed E-state index contributed by atoms with van der Waals surface area (Å²) < 4.78 is 0. The molecule has 1 aliphatic heterocycles. The van der Waals surface area contributed by atoms with Gasteiger partial charge in [0.15, 0.2) is 0 Å². The summed E-state index contributed by atoms with van der Waals surface area (Å²) in [5.41, 5.74) is 0.635. The molecule has 4 aliphatic rings. The Morgan fingerprint density at radius 1 is 1.20 bits per heavy atom. The van der Waals surface area contributed by atoms with Crippen LogP contribution in [-0.4, -0.2) is 35.5 Å². The maximum Gasteiger partial charge on any atom is 0.0464 e. The van der Waals surface area contributed by atoms with Gasteiger partial charge in [0.1, 0.15) is 0 Å². The molecule has 0 amide bonds. The van der Waals surface area contributed by atoms with Crippen molar-refractivity contribution >= 4 is 0 Å². The predicted octanol–water partition coefficient (Wildman–Crippen LogP) is -0.0263. The molecule has 3 N–H and O–H groups in total. The predicted molar refractivity (Wildman–Crippen MR) is 55.1 cm³/mol. The molecule has 15 heavy (non-hydrogen) atoms. The molecule has 0 radical (unpaired) electrons. The molecule has 1 saturated heterocycles. The number of aliphatic hydroxyl groups is 2. The highest BCUT2D eigenvalue weighted by molar-refractivity contribution is 5.39. The van der Waals surface area contributed by atoms with Crippen LogP contribution in [0, 0.1) is 29.1 Å². The summed E-state index contributed by atoms with van der Waals surface area (Å²) in [6.45, 7) is 0.633. The smallest absolute Gasteiger partial charge is 0.0464 e. The van der Waals surface area contributed by atoms with Crippen LogP contribution in [0.5, 0.6) is 0 Å². The SMILES string of the molecule is OCCC1C(CO)C2CC1C1(C2)C2NC21. The maximum atomic E-state index is 9.46. The Hall–Kier alpha value is -0.120. The lowest BCUT2D eigenvalue weighted by molar-refractivity contribution is 0.0548. The summed E-state index contributed by atoms with van der Waals surface area (Å²) >= 11 is 0. The summed E-state index contributed by atoms with van der Waals surface area (Å²) in [5.74, 6) is 2.66. The highest BCUT2D eigenvalue weighted by Gasteiger charge is 2.83. The lowest BCUT2D eigenvalue weighted by atomic mass is 9.69. The van der Waals surface area contributed by atoms with Crippen LogP contribution in [0.4, 0.5) is 0 Å². The molecular weight excluding hydrogens is 190 g/mol. The first-order valence-corrected chi connectivity index (χ1v) is 6.30. The van der Waals surface area contributed by atoms with Crippen molar-refractivity contribution in [3.05, 3.63) is 0 Å². The van der Waals surface area contributed by atoms with Crippen LogP contribution in [0.2, 0.25) is 0 Å². The number of hydrogen-bond donors (Lipinski definition) is 3. The van der Waals surface area contributed by atoms with E-state index < -0.39 is 0 Å². The Morgan fingerprint density at radius 3 is 2.53 bits per heavy atom. The minimum atomic E-state index is 0.295. The fourth-order valence-corrected chi connectivity index (χ4v) is 5.16. The van der Waals surface area contributed by atoms with Gasteiger partial charge in [-0.3, -0.25) is 0 Å². The third-order valence-corrected chi connectivity index (χ3v) is 5.84. The third kappa shape index (κ3) is 0.855. The van der Waals surface area contributed by atoms with Gasteiger partial charge in [-0.05, 0) is 42.9 Å². The first-order valence-electron chi connectivity index (χ1n) is 6.30. The average molecular weight is 209 g/mol. The number of rotatable bonds is 3. The van der Waals surface area contributed by atoms with Gasteiger partial charge in [-0.2, -0.15) is 0 Å². The lowest BCUT2D eigenvalue weighted by Crippen LogP contribution is -2.39. The quantitative estimate of drug-likeness (QED) is 0.572. The largest absolute Gasteiger partial charge is 0.396 e. The Kier molecular flexibility index (Phi) is 1.54. The van der Waals surface area contributed by atoms with Crippen molar-refractivity contribution in [1.29, 1.82) is 0 Å². The minimum absolute atomic E-state index is 0.295. The highest BCUT2D eigenvalue weighted by Crippen LogP contribution is 2.77. The monoisotopic (exact) mass is 209 g/mol. The minimum Gasteiger partial charge on any atom is -0.396 e. The van der Waals surface area contributed by atoms with Crippen molar-refractivity contribution in [2.75, 3.05) is 13.2 Å². The molecule has 1 heterocycles. The lowest BCUT2D eigenvalue weighted by Gasteiger charge is -2.38. The zero-order valence-electron chi connectivity index (χ0n) is 8.89. The van der Waals surface area contributed by atoms with Gasteiger partial charge in [-0.25, -0.2) is 0 Å². The number of nitrogens with one attached hydrogen (secondary N) is 1. The molecule has 4 fully saturated rings. The molecule has 0 aromatic carbocycles. The van der Waals surface area contributed by atoms with Crippen molar-refractivity contribution in [1.82, 2.24) is 5.32 Å². The van der Waals surface area contributed by atoms with Gasteiger partial charge in [0.05, 0.1) is 0 Å². The molecule has 3 saturated carbocycles. The fourth-order valence-electron chi connectivity index (χ4n) is 5.16. The van der Waals surface area contributed by atoms with Gasteiger partial charge in [-0.1, -0.05) is 0 Å². The van der Waals surface area contributed by atoms with Crippen molar-refractivity contribution in [2.45, 2.75) is 31.3 Å². The molecule has 6 unspecified atom stereocenters. The normalized spacial score (nSPS) is 63.6. The molecule has 0 aromatic rings. The molecule has 1 spiro atoms. The van der Waals surface area contributed by atoms with Gasteiger partial charge < -0.3 is 15.5 Å². The van der Waals surface area contributed by atoms with Gasteiger partial charge in [-0.15, -0.1) is 0 Å². The highest BCUT2D eigenvalue weighted by atomic mass is 16.3. The summed E-state index contributed by atoms with van der Waals surface area (Å²) in [5, 5.41) is 22.1. The second-order valence-electron chi connectivity index (χ2n) is 6.06. The molecule has 4 rings (SSSR count). The van der Waals surface area contributed by atoms with Crippen molar-refractivity contribution in [3.8, 4) is 0 Å². The third-order valence-electron chi connectivity index (χ3n) is 5.84. The van der Waals surface area contributed by atoms with E-state index in [1.54, 1.807) is 0 Å². The molecular formula is C12H19NO2. The van der Waals surface area contributed by atoms with Gasteiger partial charge in [0.2, 0.25) is 0 Å². The zero-order chi connectivity index (χ0) is 10.2. The van der Waals surface area contributed by atoms with Gasteiger partial charge in [0.25, 0.3) is 0 Å². The van der Waals surface area contributed by atoms with E-state index in [1.807, 2.05) is 0 Å². The second kappa shape index (κ2) is 2.58. The van der Waals surface area contributed by atoms with E-state index in [1.165, 1.54) is 12.8 Å².